The Morgan fingerprint density at radius 1 is 1.30 bits per heavy atom. The number of nitrogens with one attached hydrogen (secondary N) is 2. The summed E-state index contributed by atoms with van der Waals surface area (Å²) in [7, 11) is 0. The maximum atomic E-state index is 13.0. The minimum Gasteiger partial charge on any atom is -0.379 e. The standard InChI is InChI=1S/C23H25N7O2S/c1-2-32-17-8-6-16(7-9-17)30-13-19(21(29-30)18-5-3-4-10-24-18)27-22(31)20-14-33-23(28-20)15-11-25-26-12-15/h3-5,10-14,16-17H,2,6-9H2,1H3,(H,25,26)(H,27,31). The molecule has 0 bridgehead atoms. The molecule has 0 aliphatic heterocycles. The van der Waals surface area contributed by atoms with Crippen molar-refractivity contribution < 1.29 is 9.53 Å². The molecule has 1 aliphatic rings. The third-order valence-electron chi connectivity index (χ3n) is 5.79. The molecule has 0 spiro atoms. The molecule has 4 heterocycles. The van der Waals surface area contributed by atoms with Gasteiger partial charge >= 0.3 is 0 Å². The van der Waals surface area contributed by atoms with E-state index in [1.54, 1.807) is 24.0 Å². The summed E-state index contributed by atoms with van der Waals surface area (Å²) in [6.45, 7) is 2.78. The average molecular weight is 464 g/mol. The molecule has 0 unspecified atom stereocenters. The van der Waals surface area contributed by atoms with Gasteiger partial charge in [-0.05, 0) is 44.7 Å². The summed E-state index contributed by atoms with van der Waals surface area (Å²) < 4.78 is 7.76. The number of amides is 1. The highest BCUT2D eigenvalue weighted by Crippen LogP contribution is 2.33. The summed E-state index contributed by atoms with van der Waals surface area (Å²) in [5, 5.41) is 17.0. The zero-order valence-corrected chi connectivity index (χ0v) is 19.1. The van der Waals surface area contributed by atoms with Crippen molar-refractivity contribution >= 4 is 22.9 Å². The first kappa shape index (κ1) is 21.5. The lowest BCUT2D eigenvalue weighted by molar-refractivity contribution is 0.0260. The SMILES string of the molecule is CCOC1CCC(n2cc(NC(=O)c3csc(-c4cn[nH]c4)n3)c(-c3ccccn3)n2)CC1. The van der Waals surface area contributed by atoms with Gasteiger partial charge in [0.2, 0.25) is 0 Å². The van der Waals surface area contributed by atoms with E-state index in [9.17, 15) is 4.79 Å². The number of carbonyl (C=O) groups is 1. The average Bonchev–Trinajstić information content (AvgIpc) is 3.61. The van der Waals surface area contributed by atoms with E-state index in [1.165, 1.54) is 11.3 Å². The van der Waals surface area contributed by atoms with E-state index in [0.717, 1.165) is 42.9 Å². The van der Waals surface area contributed by atoms with Crippen LogP contribution in [0.5, 0.6) is 0 Å². The Bertz CT molecular complexity index is 1190. The van der Waals surface area contributed by atoms with Crippen LogP contribution in [0.25, 0.3) is 22.0 Å². The Hall–Kier alpha value is -3.37. The second-order valence-corrected chi connectivity index (χ2v) is 8.81. The van der Waals surface area contributed by atoms with Gasteiger partial charge in [-0.2, -0.15) is 10.2 Å². The molecule has 5 rings (SSSR count). The lowest BCUT2D eigenvalue weighted by Crippen LogP contribution is -2.24. The van der Waals surface area contributed by atoms with Crippen molar-refractivity contribution in [2.24, 2.45) is 0 Å². The van der Waals surface area contributed by atoms with Gasteiger partial charge in [-0.15, -0.1) is 11.3 Å². The summed E-state index contributed by atoms with van der Waals surface area (Å²) in [4.78, 5) is 21.9. The van der Waals surface area contributed by atoms with Gasteiger partial charge in [0.05, 0.1) is 29.7 Å². The molecular formula is C23H25N7O2S. The molecule has 9 nitrogen and oxygen atoms in total. The van der Waals surface area contributed by atoms with Crippen molar-refractivity contribution in [1.29, 1.82) is 0 Å². The highest BCUT2D eigenvalue weighted by atomic mass is 32.1. The Balaban J connectivity index is 1.38. The third-order valence-corrected chi connectivity index (χ3v) is 6.68. The number of aromatic amines is 1. The molecule has 170 valence electrons. The Labute approximate surface area is 195 Å². The molecule has 1 saturated carbocycles. The van der Waals surface area contributed by atoms with Crippen LogP contribution in [0, 0.1) is 0 Å². The van der Waals surface area contributed by atoms with Gasteiger partial charge in [0.15, 0.2) is 0 Å². The van der Waals surface area contributed by atoms with Crippen LogP contribution >= 0.6 is 11.3 Å². The predicted molar refractivity (Wildman–Crippen MR) is 126 cm³/mol. The summed E-state index contributed by atoms with van der Waals surface area (Å²) in [6, 6.07) is 5.94. The highest BCUT2D eigenvalue weighted by molar-refractivity contribution is 7.13. The fourth-order valence-electron chi connectivity index (χ4n) is 4.14. The molecule has 0 radical (unpaired) electrons. The monoisotopic (exact) mass is 463 g/mol. The minimum atomic E-state index is -0.280. The number of aromatic nitrogens is 6. The zero-order chi connectivity index (χ0) is 22.6. The van der Waals surface area contributed by atoms with Gasteiger partial charge in [-0.3, -0.25) is 19.6 Å². The predicted octanol–water partition coefficient (Wildman–Crippen LogP) is 4.56. The first-order valence-electron chi connectivity index (χ1n) is 11.1. The lowest BCUT2D eigenvalue weighted by atomic mass is 9.93. The van der Waals surface area contributed by atoms with E-state index in [2.05, 4.69) is 25.5 Å². The van der Waals surface area contributed by atoms with Crippen molar-refractivity contribution in [1.82, 2.24) is 29.9 Å². The molecule has 0 atom stereocenters. The molecule has 33 heavy (non-hydrogen) atoms. The maximum Gasteiger partial charge on any atom is 0.275 e. The van der Waals surface area contributed by atoms with E-state index in [-0.39, 0.29) is 11.9 Å². The van der Waals surface area contributed by atoms with Crippen molar-refractivity contribution in [3.8, 4) is 22.0 Å². The van der Waals surface area contributed by atoms with E-state index in [0.29, 0.717) is 28.9 Å². The van der Waals surface area contributed by atoms with E-state index < -0.39 is 0 Å². The number of anilines is 1. The van der Waals surface area contributed by atoms with Gasteiger partial charge < -0.3 is 10.1 Å². The van der Waals surface area contributed by atoms with Crippen LogP contribution in [0.3, 0.4) is 0 Å². The van der Waals surface area contributed by atoms with Crippen LogP contribution in [-0.4, -0.2) is 48.6 Å². The number of H-pyrrole nitrogens is 1. The fraction of sp³-hybridized carbons (Fsp3) is 0.348. The van der Waals surface area contributed by atoms with Crippen LogP contribution in [-0.2, 0) is 4.74 Å². The molecule has 10 heteroatoms. The molecule has 0 aromatic carbocycles. The molecule has 1 aliphatic carbocycles. The summed E-state index contributed by atoms with van der Waals surface area (Å²) in [5.41, 5.74) is 3.20. The van der Waals surface area contributed by atoms with Gasteiger partial charge in [-0.25, -0.2) is 4.98 Å². The van der Waals surface area contributed by atoms with E-state index >= 15 is 0 Å². The number of hydrogen-bond acceptors (Lipinski definition) is 7. The molecule has 4 aromatic heterocycles. The molecule has 1 fully saturated rings. The molecule has 4 aromatic rings. The van der Waals surface area contributed by atoms with Crippen LogP contribution in [0.2, 0.25) is 0 Å². The van der Waals surface area contributed by atoms with Gasteiger partial charge in [0.25, 0.3) is 5.91 Å². The first-order chi connectivity index (χ1) is 16.2. The van der Waals surface area contributed by atoms with Gasteiger partial charge in [0, 0.05) is 36.1 Å². The molecular weight excluding hydrogens is 438 g/mol. The quantitative estimate of drug-likeness (QED) is 0.416. The maximum absolute atomic E-state index is 13.0. The highest BCUT2D eigenvalue weighted by Gasteiger charge is 2.25. The van der Waals surface area contributed by atoms with Crippen molar-refractivity contribution in [2.75, 3.05) is 11.9 Å². The Morgan fingerprint density at radius 2 is 2.18 bits per heavy atom. The number of nitrogens with zero attached hydrogens (tertiary/aromatic N) is 5. The lowest BCUT2D eigenvalue weighted by Gasteiger charge is -2.28. The van der Waals surface area contributed by atoms with Crippen LogP contribution < -0.4 is 5.32 Å². The number of hydrogen-bond donors (Lipinski definition) is 2. The number of pyridine rings is 1. The van der Waals surface area contributed by atoms with Crippen molar-refractivity contribution in [3.63, 3.8) is 0 Å². The number of ether oxygens (including phenoxy) is 1. The van der Waals surface area contributed by atoms with Crippen molar-refractivity contribution in [3.05, 3.63) is 54.1 Å². The second-order valence-electron chi connectivity index (χ2n) is 7.95. The molecule has 0 saturated heterocycles. The third kappa shape index (κ3) is 4.71. The fourth-order valence-corrected chi connectivity index (χ4v) is 4.92. The smallest absolute Gasteiger partial charge is 0.275 e. The largest absolute Gasteiger partial charge is 0.379 e. The Morgan fingerprint density at radius 3 is 2.91 bits per heavy atom. The topological polar surface area (TPSA) is 111 Å². The van der Waals surface area contributed by atoms with Gasteiger partial charge in [-0.1, -0.05) is 6.07 Å². The normalized spacial score (nSPS) is 18.3. The van der Waals surface area contributed by atoms with E-state index in [1.807, 2.05) is 36.0 Å². The number of carbonyl (C=O) groups excluding carboxylic acids is 1. The second kappa shape index (κ2) is 9.63. The summed E-state index contributed by atoms with van der Waals surface area (Å²) in [6.07, 6.45) is 11.4. The van der Waals surface area contributed by atoms with Crippen LogP contribution in [0.1, 0.15) is 49.1 Å². The van der Waals surface area contributed by atoms with Crippen molar-refractivity contribution in [2.45, 2.75) is 44.8 Å². The van der Waals surface area contributed by atoms with Crippen LogP contribution in [0.4, 0.5) is 5.69 Å². The van der Waals surface area contributed by atoms with Gasteiger partial charge in [0.1, 0.15) is 16.4 Å². The zero-order valence-electron chi connectivity index (χ0n) is 18.3. The molecule has 1 amide bonds. The number of thiazole rings is 1. The minimum absolute atomic E-state index is 0.266. The van der Waals surface area contributed by atoms with E-state index in [4.69, 9.17) is 9.84 Å². The van der Waals surface area contributed by atoms with Crippen LogP contribution in [0.15, 0.2) is 48.4 Å². The number of rotatable bonds is 7. The first-order valence-corrected chi connectivity index (χ1v) is 12.0. The summed E-state index contributed by atoms with van der Waals surface area (Å²) >= 11 is 1.40. The summed E-state index contributed by atoms with van der Waals surface area (Å²) in [5.74, 6) is -0.280. The Kier molecular flexibility index (Phi) is 6.27. The molecule has 2 N–H and O–H groups in total.